The molecule has 0 bridgehead atoms. The predicted octanol–water partition coefficient (Wildman–Crippen LogP) is 7.32. The summed E-state index contributed by atoms with van der Waals surface area (Å²) in [7, 11) is 0. The molecule has 0 aliphatic heterocycles. The van der Waals surface area contributed by atoms with Crippen molar-refractivity contribution >= 4 is 17.4 Å². The minimum atomic E-state index is -4.75. The number of para-hydroxylation sites is 1. The summed E-state index contributed by atoms with van der Waals surface area (Å²) in [4.78, 5) is 22.1. The Bertz CT molecular complexity index is 1770. The molecule has 3 aromatic carbocycles. The highest BCUT2D eigenvalue weighted by Gasteiger charge is 2.31. The van der Waals surface area contributed by atoms with Crippen molar-refractivity contribution in [2.24, 2.45) is 4.99 Å². The first-order valence-electron chi connectivity index (χ1n) is 13.6. The lowest BCUT2D eigenvalue weighted by Crippen LogP contribution is -2.24. The lowest BCUT2D eigenvalue weighted by atomic mass is 9.97. The number of nitrogens with one attached hydrogen (secondary N) is 1. The summed E-state index contributed by atoms with van der Waals surface area (Å²) in [6.45, 7) is 6.63. The molecule has 0 aliphatic rings. The summed E-state index contributed by atoms with van der Waals surface area (Å²) in [5, 5.41) is 9.27. The molecule has 8 nitrogen and oxygen atoms in total. The van der Waals surface area contributed by atoms with E-state index < -0.39 is 12.4 Å². The smallest absolute Gasteiger partial charge is 0.406 e. The van der Waals surface area contributed by atoms with Gasteiger partial charge >= 0.3 is 12.4 Å². The Labute approximate surface area is 250 Å². The van der Waals surface area contributed by atoms with Crippen molar-refractivity contribution in [2.45, 2.75) is 46.0 Å². The van der Waals surface area contributed by atoms with Crippen LogP contribution in [0.25, 0.3) is 22.8 Å². The molecule has 2 amide bonds. The van der Waals surface area contributed by atoms with Gasteiger partial charge in [0.25, 0.3) is 0 Å². The molecule has 2 aromatic heterocycles. The number of aromatic nitrogens is 4. The maximum absolute atomic E-state index is 12.8. The molecule has 0 fully saturated rings. The number of hydrogen-bond acceptors (Lipinski definition) is 5. The van der Waals surface area contributed by atoms with Gasteiger partial charge in [0.1, 0.15) is 12.1 Å². The van der Waals surface area contributed by atoms with Gasteiger partial charge in [0.15, 0.2) is 10.6 Å². The van der Waals surface area contributed by atoms with Crippen LogP contribution >= 0.6 is 11.3 Å². The van der Waals surface area contributed by atoms with Crippen molar-refractivity contribution in [3.63, 3.8) is 0 Å². The van der Waals surface area contributed by atoms with Crippen LogP contribution in [0.3, 0.4) is 0 Å². The fourth-order valence-corrected chi connectivity index (χ4v) is 5.35. The second-order valence-electron chi connectivity index (χ2n) is 9.89. The van der Waals surface area contributed by atoms with Gasteiger partial charge in [0, 0.05) is 23.2 Å². The van der Waals surface area contributed by atoms with E-state index in [2.05, 4.69) is 51.1 Å². The van der Waals surface area contributed by atoms with Crippen LogP contribution in [-0.4, -0.2) is 31.7 Å². The van der Waals surface area contributed by atoms with E-state index in [1.165, 1.54) is 52.2 Å². The van der Waals surface area contributed by atoms with Gasteiger partial charge in [-0.1, -0.05) is 56.3 Å². The normalized spacial score (nSPS) is 12.7. The molecule has 0 saturated carbocycles. The van der Waals surface area contributed by atoms with Crippen LogP contribution in [-0.2, 0) is 6.54 Å². The number of thiazole rings is 1. The number of aryl methyl sites for hydroxylation is 1. The number of carbonyl (C=O) groups is 1. The Morgan fingerprint density at radius 2 is 1.79 bits per heavy atom. The molecule has 0 saturated heterocycles. The first-order valence-corrected chi connectivity index (χ1v) is 14.5. The SMILES string of the molecule is CCC(C)c1ccccc1-n1c(C)csc1=NC(=O)NCc1ccc(-c2ncn(-c3ccc(OC(F)(F)F)cc3)n2)cc1. The fourth-order valence-electron chi connectivity index (χ4n) is 4.49. The number of nitrogens with zero attached hydrogens (tertiary/aromatic N) is 5. The number of carbonyl (C=O) groups excluding carboxylic acids is 1. The van der Waals surface area contributed by atoms with E-state index in [-0.39, 0.29) is 12.3 Å². The van der Waals surface area contributed by atoms with Gasteiger partial charge in [0.05, 0.1) is 11.4 Å². The van der Waals surface area contributed by atoms with Crippen LogP contribution in [0.4, 0.5) is 18.0 Å². The molecule has 5 aromatic rings. The minimum Gasteiger partial charge on any atom is -0.406 e. The molecular weight excluding hydrogens is 577 g/mol. The summed E-state index contributed by atoms with van der Waals surface area (Å²) in [6.07, 6.45) is -2.27. The number of rotatable bonds is 8. The Hall–Kier alpha value is -4.71. The first-order chi connectivity index (χ1) is 20.6. The van der Waals surface area contributed by atoms with Gasteiger partial charge < -0.3 is 10.1 Å². The number of alkyl halides is 3. The van der Waals surface area contributed by atoms with Crippen molar-refractivity contribution in [2.75, 3.05) is 0 Å². The van der Waals surface area contributed by atoms with Crippen LogP contribution in [0.5, 0.6) is 5.75 Å². The summed E-state index contributed by atoms with van der Waals surface area (Å²) >= 11 is 1.42. The van der Waals surface area contributed by atoms with Crippen LogP contribution in [0.1, 0.15) is 43.0 Å². The third-order valence-electron chi connectivity index (χ3n) is 6.88. The largest absolute Gasteiger partial charge is 0.573 e. The quantitative estimate of drug-likeness (QED) is 0.201. The molecule has 1 atom stereocenters. The fraction of sp³-hybridized carbons (Fsp3) is 0.226. The zero-order chi connectivity index (χ0) is 30.6. The van der Waals surface area contributed by atoms with Crippen molar-refractivity contribution in [1.29, 1.82) is 0 Å². The maximum Gasteiger partial charge on any atom is 0.573 e. The number of benzene rings is 3. The summed E-state index contributed by atoms with van der Waals surface area (Å²) < 4.78 is 44.6. The third-order valence-corrected chi connectivity index (χ3v) is 7.82. The number of ether oxygens (including phenoxy) is 1. The highest BCUT2D eigenvalue weighted by atomic mass is 32.1. The number of hydrogen-bond donors (Lipinski definition) is 1. The topological polar surface area (TPSA) is 86.3 Å². The third kappa shape index (κ3) is 7.20. The lowest BCUT2D eigenvalue weighted by Gasteiger charge is -2.16. The van der Waals surface area contributed by atoms with Crippen LogP contribution in [0, 0.1) is 6.92 Å². The average Bonchev–Trinajstić information content (AvgIpc) is 3.62. The van der Waals surface area contributed by atoms with Gasteiger partial charge in [-0.05, 0) is 60.7 Å². The van der Waals surface area contributed by atoms with E-state index >= 15 is 0 Å². The van der Waals surface area contributed by atoms with E-state index in [0.717, 1.165) is 28.9 Å². The molecule has 0 aliphatic carbocycles. The highest BCUT2D eigenvalue weighted by Crippen LogP contribution is 2.26. The van der Waals surface area contributed by atoms with E-state index in [1.54, 1.807) is 0 Å². The lowest BCUT2D eigenvalue weighted by molar-refractivity contribution is -0.274. The molecule has 5 rings (SSSR count). The average molecular weight is 607 g/mol. The Morgan fingerprint density at radius 1 is 1.07 bits per heavy atom. The molecule has 1 N–H and O–H groups in total. The van der Waals surface area contributed by atoms with Gasteiger partial charge in [0.2, 0.25) is 0 Å². The Kier molecular flexibility index (Phi) is 8.76. The van der Waals surface area contributed by atoms with Crippen LogP contribution in [0.15, 0.2) is 89.5 Å². The molecule has 0 spiro atoms. The van der Waals surface area contributed by atoms with E-state index in [0.29, 0.717) is 22.2 Å². The maximum atomic E-state index is 12.8. The zero-order valence-electron chi connectivity index (χ0n) is 23.7. The summed E-state index contributed by atoms with van der Waals surface area (Å²) in [5.74, 6) is 0.491. The van der Waals surface area contributed by atoms with Crippen molar-refractivity contribution in [3.05, 3.63) is 106 Å². The van der Waals surface area contributed by atoms with Crippen molar-refractivity contribution < 1.29 is 22.7 Å². The molecular formula is C31H29F3N6O2S. The van der Waals surface area contributed by atoms with Gasteiger partial charge in [-0.3, -0.25) is 4.57 Å². The second kappa shape index (κ2) is 12.7. The molecule has 222 valence electrons. The zero-order valence-corrected chi connectivity index (χ0v) is 24.5. The standard InChI is InChI=1S/C31H29F3N6O2S/c1-4-20(2)26-7-5-6-8-27(26)40-21(3)18-43-30(40)37-29(41)35-17-22-9-11-23(12-10-22)28-36-19-39(38-28)24-13-15-25(16-14-24)42-31(32,33)34/h5-16,18-20H,4,17H2,1-3H3,(H,35,41). The number of amides is 2. The molecule has 0 radical (unpaired) electrons. The number of urea groups is 1. The minimum absolute atomic E-state index is 0.282. The molecule has 1 unspecified atom stereocenters. The van der Waals surface area contributed by atoms with Gasteiger partial charge in [-0.2, -0.15) is 4.99 Å². The van der Waals surface area contributed by atoms with Gasteiger partial charge in [-0.25, -0.2) is 14.5 Å². The van der Waals surface area contributed by atoms with Crippen molar-refractivity contribution in [1.82, 2.24) is 24.6 Å². The van der Waals surface area contributed by atoms with E-state index in [4.69, 9.17) is 0 Å². The van der Waals surface area contributed by atoms with Crippen molar-refractivity contribution in [3.8, 4) is 28.5 Å². The van der Waals surface area contributed by atoms with E-state index in [1.807, 2.05) is 53.3 Å². The highest BCUT2D eigenvalue weighted by molar-refractivity contribution is 7.07. The van der Waals surface area contributed by atoms with Crippen LogP contribution in [0.2, 0.25) is 0 Å². The van der Waals surface area contributed by atoms with Gasteiger partial charge in [-0.15, -0.1) is 29.6 Å². The summed E-state index contributed by atoms with van der Waals surface area (Å²) in [5.41, 5.74) is 5.38. The molecule has 43 heavy (non-hydrogen) atoms. The number of halogens is 3. The molecule has 2 heterocycles. The van der Waals surface area contributed by atoms with E-state index in [9.17, 15) is 18.0 Å². The first kappa shape index (κ1) is 29.8. The molecule has 12 heteroatoms. The Balaban J connectivity index is 1.24. The second-order valence-corrected chi connectivity index (χ2v) is 10.7. The Morgan fingerprint density at radius 3 is 2.49 bits per heavy atom. The van der Waals surface area contributed by atoms with Crippen LogP contribution < -0.4 is 14.9 Å². The monoisotopic (exact) mass is 606 g/mol. The predicted molar refractivity (Wildman–Crippen MR) is 158 cm³/mol. The summed E-state index contributed by atoms with van der Waals surface area (Å²) in [6, 6.07) is 20.5.